The average Bonchev–Trinajstić information content (AvgIpc) is 3.09. The van der Waals surface area contributed by atoms with Gasteiger partial charge >= 0.3 is 0 Å². The van der Waals surface area contributed by atoms with Crippen LogP contribution < -0.4 is 0 Å². The molecule has 184 valence electrons. The van der Waals surface area contributed by atoms with Crippen molar-refractivity contribution in [3.63, 3.8) is 0 Å². The lowest BCUT2D eigenvalue weighted by atomic mass is 9.46. The molecule has 0 aliphatic heterocycles. The van der Waals surface area contributed by atoms with Crippen LogP contribution in [0.3, 0.4) is 0 Å². The zero-order valence-corrected chi connectivity index (χ0v) is 23.0. The normalized spacial score (nSPS) is 44.6. The fourth-order valence-corrected chi connectivity index (χ4v) is 9.31. The highest BCUT2D eigenvalue weighted by Gasteiger charge is 2.61. The predicted molar refractivity (Wildman–Crippen MR) is 138 cm³/mol. The standard InChI is InChI=1S/C29H49BrO2/c1-19(2)7-6-8-20(3)24-11-12-25-23-10-9-21-17-22(31)18-27(32-16-15-30)29(21,5)26(23)13-14-28(24,25)4/h9,19-20,22-27,31H,6-8,10-18H2,1-5H3/t20-,22-,23+,24-,25+,26+,27?,28-,29+/m1/s1. The van der Waals surface area contributed by atoms with Gasteiger partial charge in [0.1, 0.15) is 0 Å². The molecule has 0 aromatic rings. The molecular weight excluding hydrogens is 460 g/mol. The van der Waals surface area contributed by atoms with Crippen molar-refractivity contribution in [2.24, 2.45) is 46.3 Å². The van der Waals surface area contributed by atoms with Gasteiger partial charge in [-0.25, -0.2) is 0 Å². The molecule has 0 heterocycles. The molecule has 3 saturated carbocycles. The lowest BCUT2D eigenvalue weighted by Crippen LogP contribution is -2.56. The van der Waals surface area contributed by atoms with Crippen LogP contribution >= 0.6 is 15.9 Å². The van der Waals surface area contributed by atoms with Crippen LogP contribution in [0, 0.1) is 46.3 Å². The first-order valence-corrected chi connectivity index (χ1v) is 14.9. The van der Waals surface area contributed by atoms with E-state index < -0.39 is 0 Å². The van der Waals surface area contributed by atoms with Crippen molar-refractivity contribution in [3.05, 3.63) is 11.6 Å². The number of allylic oxidation sites excluding steroid dienone is 1. The Morgan fingerprint density at radius 1 is 1.12 bits per heavy atom. The van der Waals surface area contributed by atoms with Gasteiger partial charge in [-0.2, -0.15) is 0 Å². The monoisotopic (exact) mass is 508 g/mol. The Labute approximate surface area is 206 Å². The van der Waals surface area contributed by atoms with Crippen LogP contribution in [0.15, 0.2) is 11.6 Å². The number of aliphatic hydroxyl groups is 1. The van der Waals surface area contributed by atoms with Crippen LogP contribution in [0.5, 0.6) is 0 Å². The van der Waals surface area contributed by atoms with Crippen molar-refractivity contribution >= 4 is 15.9 Å². The molecule has 4 aliphatic carbocycles. The summed E-state index contributed by atoms with van der Waals surface area (Å²) in [6, 6.07) is 0. The Morgan fingerprint density at radius 3 is 2.62 bits per heavy atom. The highest BCUT2D eigenvalue weighted by molar-refractivity contribution is 9.09. The molecule has 4 rings (SSSR count). The maximum Gasteiger partial charge on any atom is 0.0693 e. The number of ether oxygens (including phenoxy) is 1. The molecule has 3 fully saturated rings. The molecule has 4 aliphatic rings. The van der Waals surface area contributed by atoms with E-state index in [0.717, 1.165) is 60.3 Å². The van der Waals surface area contributed by atoms with E-state index in [1.54, 1.807) is 0 Å². The highest BCUT2D eigenvalue weighted by atomic mass is 79.9. The fourth-order valence-electron chi connectivity index (χ4n) is 9.13. The van der Waals surface area contributed by atoms with Crippen LogP contribution in [0.25, 0.3) is 0 Å². The number of rotatable bonds is 8. The predicted octanol–water partition coefficient (Wildman–Crippen LogP) is 7.78. The molecular formula is C29H49BrO2. The molecule has 9 atom stereocenters. The summed E-state index contributed by atoms with van der Waals surface area (Å²) in [6.45, 7) is 13.2. The third-order valence-electron chi connectivity index (χ3n) is 10.7. The van der Waals surface area contributed by atoms with Gasteiger partial charge in [0, 0.05) is 17.2 Å². The number of aliphatic hydroxyl groups excluding tert-OH is 1. The van der Waals surface area contributed by atoms with E-state index in [4.69, 9.17) is 4.74 Å². The van der Waals surface area contributed by atoms with Gasteiger partial charge in [-0.1, -0.05) is 81.5 Å². The third kappa shape index (κ3) is 4.41. The minimum Gasteiger partial charge on any atom is -0.393 e. The first kappa shape index (κ1) is 25.2. The van der Waals surface area contributed by atoms with Crippen molar-refractivity contribution in [1.29, 1.82) is 0 Å². The lowest BCUT2D eigenvalue weighted by molar-refractivity contribution is -0.128. The minimum atomic E-state index is -0.234. The Morgan fingerprint density at radius 2 is 1.91 bits per heavy atom. The van der Waals surface area contributed by atoms with Crippen LogP contribution in [-0.2, 0) is 4.74 Å². The maximum absolute atomic E-state index is 10.6. The lowest BCUT2D eigenvalue weighted by Gasteiger charge is -2.60. The van der Waals surface area contributed by atoms with Gasteiger partial charge in [-0.15, -0.1) is 0 Å². The van der Waals surface area contributed by atoms with Crippen molar-refractivity contribution in [2.45, 2.75) is 111 Å². The molecule has 0 aromatic carbocycles. The van der Waals surface area contributed by atoms with Crippen LogP contribution in [-0.4, -0.2) is 29.3 Å². The van der Waals surface area contributed by atoms with Crippen molar-refractivity contribution in [1.82, 2.24) is 0 Å². The van der Waals surface area contributed by atoms with Crippen molar-refractivity contribution < 1.29 is 9.84 Å². The number of hydrogen-bond donors (Lipinski definition) is 1. The summed E-state index contributed by atoms with van der Waals surface area (Å²) in [5, 5.41) is 11.5. The molecule has 0 saturated heterocycles. The molecule has 0 amide bonds. The molecule has 0 bridgehead atoms. The summed E-state index contributed by atoms with van der Waals surface area (Å²) in [7, 11) is 0. The molecule has 2 nitrogen and oxygen atoms in total. The summed E-state index contributed by atoms with van der Waals surface area (Å²) >= 11 is 3.55. The Balaban J connectivity index is 1.53. The zero-order valence-electron chi connectivity index (χ0n) is 21.4. The second kappa shape index (κ2) is 10.0. The summed E-state index contributed by atoms with van der Waals surface area (Å²) in [4.78, 5) is 0. The second-order valence-corrected chi connectivity index (χ2v) is 13.6. The fraction of sp³-hybridized carbons (Fsp3) is 0.931. The van der Waals surface area contributed by atoms with Gasteiger partial charge in [-0.05, 0) is 79.4 Å². The highest BCUT2D eigenvalue weighted by Crippen LogP contribution is 2.67. The van der Waals surface area contributed by atoms with Gasteiger partial charge in [0.2, 0.25) is 0 Å². The van der Waals surface area contributed by atoms with Crippen LogP contribution in [0.1, 0.15) is 98.8 Å². The third-order valence-corrected chi connectivity index (χ3v) is 11.1. The van der Waals surface area contributed by atoms with Crippen molar-refractivity contribution in [2.75, 3.05) is 11.9 Å². The second-order valence-electron chi connectivity index (χ2n) is 12.8. The minimum absolute atomic E-state index is 0.118. The van der Waals surface area contributed by atoms with E-state index in [-0.39, 0.29) is 17.6 Å². The Hall–Kier alpha value is 0.140. The summed E-state index contributed by atoms with van der Waals surface area (Å²) in [5.41, 5.74) is 2.16. The Bertz CT molecular complexity index is 674. The number of halogens is 1. The van der Waals surface area contributed by atoms with Crippen LogP contribution in [0.4, 0.5) is 0 Å². The quantitative estimate of drug-likeness (QED) is 0.267. The zero-order chi connectivity index (χ0) is 23.1. The molecule has 0 radical (unpaired) electrons. The molecule has 1 unspecified atom stereocenters. The van der Waals surface area contributed by atoms with E-state index in [2.05, 4.69) is 56.6 Å². The van der Waals surface area contributed by atoms with Gasteiger partial charge in [0.05, 0.1) is 18.8 Å². The topological polar surface area (TPSA) is 29.5 Å². The van der Waals surface area contributed by atoms with Gasteiger partial charge in [0.15, 0.2) is 0 Å². The molecule has 0 aromatic heterocycles. The number of fused-ring (bicyclic) bond motifs is 5. The summed E-state index contributed by atoms with van der Waals surface area (Å²) in [5.74, 6) is 5.02. The molecule has 0 spiro atoms. The van der Waals surface area contributed by atoms with E-state index in [1.165, 1.54) is 56.9 Å². The van der Waals surface area contributed by atoms with Gasteiger partial charge in [0.25, 0.3) is 0 Å². The first-order chi connectivity index (χ1) is 15.2. The van der Waals surface area contributed by atoms with Crippen molar-refractivity contribution in [3.8, 4) is 0 Å². The molecule has 32 heavy (non-hydrogen) atoms. The SMILES string of the molecule is CC(C)CCC[C@@H](C)[C@H]1CC[C@H]2[C@@H]3CC=C4C[C@@H](O)CC(OCCBr)[C@]4(C)[C@H]3CC[C@]12C. The van der Waals surface area contributed by atoms with E-state index in [0.29, 0.717) is 5.41 Å². The number of alkyl halides is 1. The summed E-state index contributed by atoms with van der Waals surface area (Å²) in [6.07, 6.45) is 15.2. The number of hydrogen-bond acceptors (Lipinski definition) is 2. The van der Waals surface area contributed by atoms with E-state index in [1.807, 2.05) is 0 Å². The van der Waals surface area contributed by atoms with E-state index in [9.17, 15) is 5.11 Å². The maximum atomic E-state index is 10.6. The summed E-state index contributed by atoms with van der Waals surface area (Å²) < 4.78 is 6.44. The van der Waals surface area contributed by atoms with E-state index >= 15 is 0 Å². The smallest absolute Gasteiger partial charge is 0.0693 e. The molecule has 3 heteroatoms. The first-order valence-electron chi connectivity index (χ1n) is 13.8. The average molecular weight is 510 g/mol. The van der Waals surface area contributed by atoms with Gasteiger partial charge < -0.3 is 9.84 Å². The molecule has 1 N–H and O–H groups in total. The van der Waals surface area contributed by atoms with Crippen LogP contribution in [0.2, 0.25) is 0 Å². The Kier molecular flexibility index (Phi) is 7.90. The van der Waals surface area contributed by atoms with Gasteiger partial charge in [-0.3, -0.25) is 0 Å². The largest absolute Gasteiger partial charge is 0.393 e.